The van der Waals surface area contributed by atoms with Gasteiger partial charge in [-0.05, 0) is 54.8 Å². The predicted octanol–water partition coefficient (Wildman–Crippen LogP) is 4.95. The Morgan fingerprint density at radius 1 is 0.800 bits per heavy atom. The summed E-state index contributed by atoms with van der Waals surface area (Å²) in [6.07, 6.45) is 1.97. The molecule has 3 heteroatoms. The quantitative estimate of drug-likeness (QED) is 0.622. The number of anilines is 1. The SMILES string of the molecule is O=C(Nc1ccc(OCCCc2ccccc2)cc1)c1ccccc1. The maximum absolute atomic E-state index is 12.1. The molecule has 0 unspecified atom stereocenters. The molecule has 3 aromatic rings. The minimum Gasteiger partial charge on any atom is -0.494 e. The molecule has 0 spiro atoms. The number of carbonyl (C=O) groups is 1. The zero-order valence-electron chi connectivity index (χ0n) is 14.0. The fourth-order valence-corrected chi connectivity index (χ4v) is 2.54. The first-order valence-electron chi connectivity index (χ1n) is 8.44. The highest BCUT2D eigenvalue weighted by molar-refractivity contribution is 6.04. The van der Waals surface area contributed by atoms with E-state index in [1.165, 1.54) is 5.56 Å². The molecule has 0 aliphatic heterocycles. The summed E-state index contributed by atoms with van der Waals surface area (Å²) in [6, 6.07) is 27.0. The number of rotatable bonds is 7. The highest BCUT2D eigenvalue weighted by Crippen LogP contribution is 2.17. The molecule has 0 saturated carbocycles. The van der Waals surface area contributed by atoms with E-state index in [9.17, 15) is 4.79 Å². The Balaban J connectivity index is 1.45. The van der Waals surface area contributed by atoms with Crippen LogP contribution in [-0.2, 0) is 6.42 Å². The second-order valence-electron chi connectivity index (χ2n) is 5.78. The average molecular weight is 331 g/mol. The summed E-state index contributed by atoms with van der Waals surface area (Å²) in [7, 11) is 0. The summed E-state index contributed by atoms with van der Waals surface area (Å²) in [5, 5.41) is 2.88. The average Bonchev–Trinajstić information content (AvgIpc) is 2.68. The molecular formula is C22H21NO2. The molecular weight excluding hydrogens is 310 g/mol. The van der Waals surface area contributed by atoms with E-state index in [0.717, 1.165) is 24.3 Å². The van der Waals surface area contributed by atoms with Crippen molar-refractivity contribution in [1.29, 1.82) is 0 Å². The monoisotopic (exact) mass is 331 g/mol. The highest BCUT2D eigenvalue weighted by Gasteiger charge is 2.05. The van der Waals surface area contributed by atoms with Gasteiger partial charge in [-0.3, -0.25) is 4.79 Å². The van der Waals surface area contributed by atoms with Crippen LogP contribution >= 0.6 is 0 Å². The molecule has 126 valence electrons. The molecule has 3 rings (SSSR count). The zero-order chi connectivity index (χ0) is 17.3. The van der Waals surface area contributed by atoms with Crippen LogP contribution in [0.5, 0.6) is 5.75 Å². The van der Waals surface area contributed by atoms with E-state index in [0.29, 0.717) is 12.2 Å². The van der Waals surface area contributed by atoms with Crippen molar-refractivity contribution in [2.45, 2.75) is 12.8 Å². The summed E-state index contributed by atoms with van der Waals surface area (Å²) < 4.78 is 5.76. The van der Waals surface area contributed by atoms with Crippen LogP contribution in [0.4, 0.5) is 5.69 Å². The second-order valence-corrected chi connectivity index (χ2v) is 5.78. The number of hydrogen-bond acceptors (Lipinski definition) is 2. The van der Waals surface area contributed by atoms with Gasteiger partial charge in [0.2, 0.25) is 0 Å². The minimum absolute atomic E-state index is 0.114. The topological polar surface area (TPSA) is 38.3 Å². The van der Waals surface area contributed by atoms with Gasteiger partial charge in [0.25, 0.3) is 5.91 Å². The molecule has 0 saturated heterocycles. The summed E-state index contributed by atoms with van der Waals surface area (Å²) in [4.78, 5) is 12.1. The molecule has 0 radical (unpaired) electrons. The number of nitrogens with one attached hydrogen (secondary N) is 1. The maximum atomic E-state index is 12.1. The molecule has 0 aliphatic rings. The normalized spacial score (nSPS) is 10.2. The third-order valence-electron chi connectivity index (χ3n) is 3.87. The molecule has 0 heterocycles. The Hall–Kier alpha value is -3.07. The Labute approximate surface area is 148 Å². The number of carbonyl (C=O) groups excluding carboxylic acids is 1. The van der Waals surface area contributed by atoms with Gasteiger partial charge in [-0.15, -0.1) is 0 Å². The van der Waals surface area contributed by atoms with Crippen molar-refractivity contribution < 1.29 is 9.53 Å². The highest BCUT2D eigenvalue weighted by atomic mass is 16.5. The second kappa shape index (κ2) is 8.69. The van der Waals surface area contributed by atoms with Crippen molar-refractivity contribution in [2.75, 3.05) is 11.9 Å². The van der Waals surface area contributed by atoms with Crippen molar-refractivity contribution in [3.8, 4) is 5.75 Å². The van der Waals surface area contributed by atoms with Gasteiger partial charge in [0.15, 0.2) is 0 Å². The molecule has 0 aliphatic carbocycles. The van der Waals surface area contributed by atoms with Crippen molar-refractivity contribution in [1.82, 2.24) is 0 Å². The van der Waals surface area contributed by atoms with Crippen LogP contribution in [0, 0.1) is 0 Å². The summed E-state index contributed by atoms with van der Waals surface area (Å²) in [6.45, 7) is 0.671. The lowest BCUT2D eigenvalue weighted by Gasteiger charge is -2.08. The van der Waals surface area contributed by atoms with E-state index in [1.807, 2.05) is 48.5 Å². The van der Waals surface area contributed by atoms with E-state index >= 15 is 0 Å². The molecule has 0 fully saturated rings. The molecule has 1 N–H and O–H groups in total. The zero-order valence-corrected chi connectivity index (χ0v) is 14.0. The molecule has 1 amide bonds. The van der Waals surface area contributed by atoms with Gasteiger partial charge in [0.1, 0.15) is 5.75 Å². The molecule has 25 heavy (non-hydrogen) atoms. The van der Waals surface area contributed by atoms with Crippen LogP contribution in [0.2, 0.25) is 0 Å². The predicted molar refractivity (Wildman–Crippen MR) is 101 cm³/mol. The number of hydrogen-bond donors (Lipinski definition) is 1. The van der Waals surface area contributed by atoms with Crippen LogP contribution in [0.25, 0.3) is 0 Å². The number of benzene rings is 3. The number of ether oxygens (including phenoxy) is 1. The lowest BCUT2D eigenvalue weighted by Crippen LogP contribution is -2.11. The lowest BCUT2D eigenvalue weighted by atomic mass is 10.1. The van der Waals surface area contributed by atoms with Gasteiger partial charge >= 0.3 is 0 Å². The van der Waals surface area contributed by atoms with Gasteiger partial charge in [0.05, 0.1) is 6.61 Å². The van der Waals surface area contributed by atoms with Crippen LogP contribution in [-0.4, -0.2) is 12.5 Å². The Morgan fingerprint density at radius 3 is 2.12 bits per heavy atom. The fourth-order valence-electron chi connectivity index (χ4n) is 2.54. The van der Waals surface area contributed by atoms with E-state index in [-0.39, 0.29) is 5.91 Å². The van der Waals surface area contributed by atoms with Crippen LogP contribution < -0.4 is 10.1 Å². The van der Waals surface area contributed by atoms with Crippen molar-refractivity contribution >= 4 is 11.6 Å². The first-order chi connectivity index (χ1) is 12.3. The largest absolute Gasteiger partial charge is 0.494 e. The number of amides is 1. The Morgan fingerprint density at radius 2 is 1.44 bits per heavy atom. The maximum Gasteiger partial charge on any atom is 0.255 e. The van der Waals surface area contributed by atoms with Crippen molar-refractivity contribution in [2.24, 2.45) is 0 Å². The van der Waals surface area contributed by atoms with Gasteiger partial charge in [0, 0.05) is 11.3 Å². The van der Waals surface area contributed by atoms with Gasteiger partial charge in [-0.1, -0.05) is 48.5 Å². The minimum atomic E-state index is -0.114. The third kappa shape index (κ3) is 5.21. The van der Waals surface area contributed by atoms with E-state index in [2.05, 4.69) is 29.6 Å². The molecule has 0 atom stereocenters. The fraction of sp³-hybridized carbons (Fsp3) is 0.136. The summed E-state index contributed by atoms with van der Waals surface area (Å²) >= 11 is 0. The van der Waals surface area contributed by atoms with E-state index < -0.39 is 0 Å². The standard InChI is InChI=1S/C22H21NO2/c24-22(19-11-5-2-6-12-19)23-20-13-15-21(16-14-20)25-17-7-10-18-8-3-1-4-9-18/h1-6,8-9,11-16H,7,10,17H2,(H,23,24). The van der Waals surface area contributed by atoms with Gasteiger partial charge in [-0.25, -0.2) is 0 Å². The Bertz CT molecular complexity index is 783. The van der Waals surface area contributed by atoms with E-state index in [4.69, 9.17) is 4.74 Å². The third-order valence-corrected chi connectivity index (χ3v) is 3.87. The first kappa shape index (κ1) is 16.8. The van der Waals surface area contributed by atoms with E-state index in [1.54, 1.807) is 12.1 Å². The van der Waals surface area contributed by atoms with Crippen molar-refractivity contribution in [3.05, 3.63) is 96.1 Å². The van der Waals surface area contributed by atoms with Crippen LogP contribution in [0.1, 0.15) is 22.3 Å². The van der Waals surface area contributed by atoms with Gasteiger partial charge < -0.3 is 10.1 Å². The number of aryl methyl sites for hydroxylation is 1. The van der Waals surface area contributed by atoms with Crippen LogP contribution in [0.3, 0.4) is 0 Å². The Kier molecular flexibility index (Phi) is 5.83. The molecule has 3 aromatic carbocycles. The smallest absolute Gasteiger partial charge is 0.255 e. The van der Waals surface area contributed by atoms with Gasteiger partial charge in [-0.2, -0.15) is 0 Å². The molecule has 3 nitrogen and oxygen atoms in total. The summed E-state index contributed by atoms with van der Waals surface area (Å²) in [5.41, 5.74) is 2.72. The lowest BCUT2D eigenvalue weighted by molar-refractivity contribution is 0.102. The summed E-state index contributed by atoms with van der Waals surface area (Å²) in [5.74, 6) is 0.697. The molecule has 0 aromatic heterocycles. The first-order valence-corrected chi connectivity index (χ1v) is 8.44. The van der Waals surface area contributed by atoms with Crippen LogP contribution in [0.15, 0.2) is 84.9 Å². The molecule has 0 bridgehead atoms. The van der Waals surface area contributed by atoms with Crippen molar-refractivity contribution in [3.63, 3.8) is 0 Å².